The van der Waals surface area contributed by atoms with Gasteiger partial charge in [0.15, 0.2) is 0 Å². The van der Waals surface area contributed by atoms with Crippen molar-refractivity contribution in [2.24, 2.45) is 0 Å². The van der Waals surface area contributed by atoms with Gasteiger partial charge in [-0.05, 0) is 26.7 Å². The summed E-state index contributed by atoms with van der Waals surface area (Å²) in [7, 11) is 1.44. The molecule has 5 nitrogen and oxygen atoms in total. The van der Waals surface area contributed by atoms with E-state index in [1.165, 1.54) is 18.9 Å². The number of carbonyl (C=O) groups is 2. The van der Waals surface area contributed by atoms with Gasteiger partial charge in [-0.2, -0.15) is 0 Å². The van der Waals surface area contributed by atoms with Crippen molar-refractivity contribution < 1.29 is 19.4 Å². The molecule has 2 atom stereocenters. The summed E-state index contributed by atoms with van der Waals surface area (Å²) in [5, 5.41) is 8.90. The maximum Gasteiger partial charge on any atom is 0.326 e. The number of carboxylic acids is 1. The van der Waals surface area contributed by atoms with Crippen molar-refractivity contribution in [2.45, 2.75) is 44.9 Å². The zero-order valence-corrected chi connectivity index (χ0v) is 9.27. The lowest BCUT2D eigenvalue weighted by molar-refractivity contribution is -0.154. The van der Waals surface area contributed by atoms with Crippen LogP contribution in [0.25, 0.3) is 0 Å². The molecule has 2 unspecified atom stereocenters. The second-order valence-corrected chi connectivity index (χ2v) is 3.87. The first-order valence-electron chi connectivity index (χ1n) is 5.06. The molecule has 1 N–H and O–H groups in total. The molecule has 86 valence electrons. The molecule has 0 saturated heterocycles. The molecule has 0 aromatic heterocycles. The highest BCUT2D eigenvalue weighted by atomic mass is 16.5. The standard InChI is InChI=1S/C10H17NO4/c1-6(10(13)14)11(8-4-5-8)9(12)7(2)15-3/h6-8H,4-5H2,1-3H3,(H,13,14). The summed E-state index contributed by atoms with van der Waals surface area (Å²) < 4.78 is 4.92. The third kappa shape index (κ3) is 2.68. The first-order valence-corrected chi connectivity index (χ1v) is 5.06. The van der Waals surface area contributed by atoms with Crippen LogP contribution in [-0.4, -0.2) is 47.2 Å². The van der Waals surface area contributed by atoms with Crippen LogP contribution in [0, 0.1) is 0 Å². The smallest absolute Gasteiger partial charge is 0.326 e. The fourth-order valence-corrected chi connectivity index (χ4v) is 1.47. The van der Waals surface area contributed by atoms with Crippen molar-refractivity contribution >= 4 is 11.9 Å². The zero-order chi connectivity index (χ0) is 11.6. The van der Waals surface area contributed by atoms with Crippen molar-refractivity contribution in [1.29, 1.82) is 0 Å². The van der Waals surface area contributed by atoms with Gasteiger partial charge in [0.05, 0.1) is 0 Å². The first kappa shape index (κ1) is 12.0. The van der Waals surface area contributed by atoms with Crippen LogP contribution in [0.4, 0.5) is 0 Å². The second kappa shape index (κ2) is 4.61. The van der Waals surface area contributed by atoms with Crippen LogP contribution < -0.4 is 0 Å². The Bertz CT molecular complexity index is 262. The van der Waals surface area contributed by atoms with Gasteiger partial charge in [-0.3, -0.25) is 4.79 Å². The molecule has 0 aromatic carbocycles. The fourth-order valence-electron chi connectivity index (χ4n) is 1.47. The summed E-state index contributed by atoms with van der Waals surface area (Å²) >= 11 is 0. The Hall–Kier alpha value is -1.10. The molecule has 1 saturated carbocycles. The first-order chi connectivity index (χ1) is 6.99. The number of hydrogen-bond acceptors (Lipinski definition) is 3. The molecule has 5 heteroatoms. The van der Waals surface area contributed by atoms with Crippen molar-refractivity contribution in [3.8, 4) is 0 Å². The van der Waals surface area contributed by atoms with Crippen molar-refractivity contribution in [2.75, 3.05) is 7.11 Å². The number of rotatable bonds is 5. The van der Waals surface area contributed by atoms with Gasteiger partial charge in [0.25, 0.3) is 5.91 Å². The highest BCUT2D eigenvalue weighted by molar-refractivity contribution is 5.86. The molecule has 0 heterocycles. The Labute approximate surface area is 89.0 Å². The van der Waals surface area contributed by atoms with Gasteiger partial charge >= 0.3 is 5.97 Å². The topological polar surface area (TPSA) is 66.8 Å². The number of aliphatic carboxylic acids is 1. The SMILES string of the molecule is COC(C)C(=O)N(C1CC1)C(C)C(=O)O. The monoisotopic (exact) mass is 215 g/mol. The molecule has 0 spiro atoms. The lowest BCUT2D eigenvalue weighted by atomic mass is 10.2. The lowest BCUT2D eigenvalue weighted by Crippen LogP contribution is -2.48. The number of nitrogens with zero attached hydrogens (tertiary/aromatic N) is 1. The Morgan fingerprint density at radius 3 is 2.27 bits per heavy atom. The van der Waals surface area contributed by atoms with Crippen molar-refractivity contribution in [3.63, 3.8) is 0 Å². The predicted octanol–water partition coefficient (Wildman–Crippen LogP) is 0.485. The minimum absolute atomic E-state index is 0.0844. The molecule has 1 amide bonds. The molecule has 1 rings (SSSR count). The Balaban J connectivity index is 2.73. The molecule has 0 radical (unpaired) electrons. The van der Waals surface area contributed by atoms with Gasteiger partial charge in [0, 0.05) is 13.2 Å². The highest BCUT2D eigenvalue weighted by Crippen LogP contribution is 2.29. The largest absolute Gasteiger partial charge is 0.480 e. The fraction of sp³-hybridized carbons (Fsp3) is 0.800. The molecule has 1 aliphatic rings. The van der Waals surface area contributed by atoms with Gasteiger partial charge in [0.1, 0.15) is 12.1 Å². The molecular formula is C10H17NO4. The summed E-state index contributed by atoms with van der Waals surface area (Å²) in [6.45, 7) is 3.16. The Morgan fingerprint density at radius 1 is 1.40 bits per heavy atom. The minimum Gasteiger partial charge on any atom is -0.480 e. The molecule has 1 fully saturated rings. The van der Waals surface area contributed by atoms with E-state index in [0.717, 1.165) is 12.8 Å². The Kier molecular flexibility index (Phi) is 3.68. The van der Waals surface area contributed by atoms with Crippen LogP contribution >= 0.6 is 0 Å². The number of carboxylic acid groups (broad SMARTS) is 1. The third-order valence-electron chi connectivity index (χ3n) is 2.67. The summed E-state index contributed by atoms with van der Waals surface area (Å²) in [6.07, 6.45) is 1.20. The van der Waals surface area contributed by atoms with Gasteiger partial charge < -0.3 is 14.7 Å². The van der Waals surface area contributed by atoms with Crippen LogP contribution in [0.3, 0.4) is 0 Å². The van der Waals surface area contributed by atoms with Crippen molar-refractivity contribution in [1.82, 2.24) is 4.90 Å². The lowest BCUT2D eigenvalue weighted by Gasteiger charge is -2.28. The number of amides is 1. The highest BCUT2D eigenvalue weighted by Gasteiger charge is 2.39. The maximum absolute atomic E-state index is 11.8. The van der Waals surface area contributed by atoms with Gasteiger partial charge in [-0.25, -0.2) is 4.79 Å². The Morgan fingerprint density at radius 2 is 1.93 bits per heavy atom. The average molecular weight is 215 g/mol. The molecule has 1 aliphatic carbocycles. The number of methoxy groups -OCH3 is 1. The molecule has 0 aliphatic heterocycles. The third-order valence-corrected chi connectivity index (χ3v) is 2.67. The van der Waals surface area contributed by atoms with Gasteiger partial charge in [0.2, 0.25) is 0 Å². The van der Waals surface area contributed by atoms with Crippen LogP contribution in [-0.2, 0) is 14.3 Å². The van der Waals surface area contributed by atoms with E-state index in [4.69, 9.17) is 9.84 Å². The van der Waals surface area contributed by atoms with E-state index in [2.05, 4.69) is 0 Å². The normalized spacial score (nSPS) is 19.4. The van der Waals surface area contributed by atoms with Crippen LogP contribution in [0.5, 0.6) is 0 Å². The molecular weight excluding hydrogens is 198 g/mol. The van der Waals surface area contributed by atoms with Gasteiger partial charge in [-0.15, -0.1) is 0 Å². The molecule has 15 heavy (non-hydrogen) atoms. The van der Waals surface area contributed by atoms with Crippen LogP contribution in [0.2, 0.25) is 0 Å². The summed E-state index contributed by atoms with van der Waals surface area (Å²) in [4.78, 5) is 24.1. The van der Waals surface area contributed by atoms with E-state index in [1.807, 2.05) is 0 Å². The molecule has 0 bridgehead atoms. The zero-order valence-electron chi connectivity index (χ0n) is 9.27. The second-order valence-electron chi connectivity index (χ2n) is 3.87. The summed E-state index contributed by atoms with van der Waals surface area (Å²) in [6, 6.07) is -0.691. The van der Waals surface area contributed by atoms with Crippen LogP contribution in [0.15, 0.2) is 0 Å². The van der Waals surface area contributed by atoms with E-state index in [0.29, 0.717) is 0 Å². The number of carbonyl (C=O) groups excluding carboxylic acids is 1. The van der Waals surface area contributed by atoms with E-state index >= 15 is 0 Å². The summed E-state index contributed by atoms with van der Waals surface area (Å²) in [5.41, 5.74) is 0. The molecule has 0 aromatic rings. The number of ether oxygens (including phenoxy) is 1. The number of hydrogen-bond donors (Lipinski definition) is 1. The van der Waals surface area contributed by atoms with E-state index in [9.17, 15) is 9.59 Å². The minimum atomic E-state index is -0.974. The van der Waals surface area contributed by atoms with Gasteiger partial charge in [-0.1, -0.05) is 0 Å². The van der Waals surface area contributed by atoms with Crippen LogP contribution in [0.1, 0.15) is 26.7 Å². The quantitative estimate of drug-likeness (QED) is 0.724. The van der Waals surface area contributed by atoms with E-state index in [1.54, 1.807) is 6.92 Å². The van der Waals surface area contributed by atoms with E-state index in [-0.39, 0.29) is 11.9 Å². The van der Waals surface area contributed by atoms with E-state index < -0.39 is 18.1 Å². The average Bonchev–Trinajstić information content (AvgIpc) is 3.00. The maximum atomic E-state index is 11.8. The summed E-state index contributed by atoms with van der Waals surface area (Å²) in [5.74, 6) is -1.21. The van der Waals surface area contributed by atoms with Crippen molar-refractivity contribution in [3.05, 3.63) is 0 Å². The predicted molar refractivity (Wildman–Crippen MR) is 53.4 cm³/mol.